The lowest BCUT2D eigenvalue weighted by Gasteiger charge is -2.33. The number of fused-ring (bicyclic) bond motifs is 10. The average molecular weight is 1890 g/mol. The van der Waals surface area contributed by atoms with E-state index in [1.165, 1.54) is 14.6 Å². The lowest BCUT2D eigenvalue weighted by molar-refractivity contribution is 0.484. The van der Waals surface area contributed by atoms with Crippen LogP contribution in [0.4, 0.5) is 28.4 Å². The molecule has 698 valence electrons. The number of imidazole rings is 5. The summed E-state index contributed by atoms with van der Waals surface area (Å²) in [7, 11) is 0. The van der Waals surface area contributed by atoms with Gasteiger partial charge in [-0.05, 0) is 184 Å². The van der Waals surface area contributed by atoms with E-state index in [4.69, 9.17) is 22.1 Å². The molecule has 5 aromatic carbocycles. The highest BCUT2D eigenvalue weighted by Crippen LogP contribution is 2.35. The van der Waals surface area contributed by atoms with Crippen LogP contribution in [0.1, 0.15) is 59.6 Å². The first-order chi connectivity index (χ1) is 66.5. The Kier molecular flexibility index (Phi) is 24.8. The van der Waals surface area contributed by atoms with Gasteiger partial charge < -0.3 is 73.2 Å². The summed E-state index contributed by atoms with van der Waals surface area (Å²) in [6.07, 6.45) is 21.3. The van der Waals surface area contributed by atoms with E-state index in [2.05, 4.69) is 137 Å². The Morgan fingerprint density at radius 2 is 0.562 bits per heavy atom. The maximum atomic E-state index is 12.7. The van der Waals surface area contributed by atoms with Crippen LogP contribution in [0.3, 0.4) is 0 Å². The molecule has 0 spiro atoms. The van der Waals surface area contributed by atoms with Crippen molar-refractivity contribution < 1.29 is 22.1 Å². The van der Waals surface area contributed by atoms with Gasteiger partial charge in [0.05, 0.1) is 56.3 Å². The third-order valence-corrected chi connectivity index (χ3v) is 28.1. The molecule has 3 atom stereocenters. The second-order valence-electron chi connectivity index (χ2n) is 35.7. The zero-order chi connectivity index (χ0) is 93.8. The van der Waals surface area contributed by atoms with Gasteiger partial charge in [0.25, 0.3) is 0 Å². The number of anilines is 5. The van der Waals surface area contributed by atoms with Gasteiger partial charge in [0.1, 0.15) is 27.9 Å². The van der Waals surface area contributed by atoms with E-state index in [1.54, 1.807) is 50.8 Å². The summed E-state index contributed by atoms with van der Waals surface area (Å²) < 4.78 is 37.8. The van der Waals surface area contributed by atoms with E-state index in [0.717, 1.165) is 206 Å². The number of thiazole rings is 3. The summed E-state index contributed by atoms with van der Waals surface area (Å²) in [5.74, 6) is 1.14. The third-order valence-electron chi connectivity index (χ3n) is 25.3. The van der Waals surface area contributed by atoms with Crippen LogP contribution in [0.2, 0.25) is 0 Å². The smallest absolute Gasteiger partial charge is 0.345 e. The Bertz CT molecular complexity index is 7580. The quantitative estimate of drug-likeness (QED) is 0.0794. The van der Waals surface area contributed by atoms with Crippen LogP contribution in [-0.2, 0) is 0 Å². The van der Waals surface area contributed by atoms with E-state index >= 15 is 0 Å². The lowest BCUT2D eigenvalue weighted by Crippen LogP contribution is -2.49. The number of piperazine rings is 3. The molecule has 0 saturated carbocycles. The van der Waals surface area contributed by atoms with Crippen LogP contribution in [-0.4, -0.2) is 186 Å². The summed E-state index contributed by atoms with van der Waals surface area (Å²) in [6, 6.07) is 44.8. The van der Waals surface area contributed by atoms with Crippen LogP contribution in [0.15, 0.2) is 241 Å². The monoisotopic (exact) mass is 1890 g/mol. The molecule has 5 aliphatic heterocycles. The van der Waals surface area contributed by atoms with Crippen LogP contribution < -0.4 is 79.2 Å². The summed E-state index contributed by atoms with van der Waals surface area (Å²) in [6.45, 7) is 32.9. The van der Waals surface area contributed by atoms with Gasteiger partial charge in [0, 0.05) is 290 Å². The Morgan fingerprint density at radius 1 is 0.292 bits per heavy atom. The van der Waals surface area contributed by atoms with Crippen LogP contribution in [0.25, 0.3) is 138 Å². The molecule has 0 aliphatic carbocycles. The van der Waals surface area contributed by atoms with Crippen LogP contribution in [0.5, 0.6) is 0 Å². The normalized spacial score (nSPS) is 16.8. The molecule has 137 heavy (non-hydrogen) atoms. The Labute approximate surface area is 796 Å². The van der Waals surface area contributed by atoms with Crippen molar-refractivity contribution in [3.8, 4) is 56.3 Å². The maximum absolute atomic E-state index is 12.7. The first-order valence-electron chi connectivity index (χ1n) is 46.3. The summed E-state index contributed by atoms with van der Waals surface area (Å²) >= 11 is 4.81. The van der Waals surface area contributed by atoms with Gasteiger partial charge in [0.2, 0.25) is 11.6 Å². The second-order valence-corrected chi connectivity index (χ2v) is 39.4. The number of benzene rings is 5. The fourth-order valence-corrected chi connectivity index (χ4v) is 20.8. The van der Waals surface area contributed by atoms with Gasteiger partial charge in [-0.25, -0.2) is 58.9 Å². The standard InChI is InChI=1S/2C21H21N5O2.3C20H20N4O2S/c1-13-5-7-26-12-18(24-21(26)23-13)17-9-15-3-4-16(10-19(15)28-20(17)27)25-8-6-22-14(2)11-25;1-14-5-9-26-13-18(24-21(26)23-14)17-11-15-3-4-16(12-19(15)28-20(17)27)25-8-2-6-22-7-10-25;2*1-12-9-23(6-5-21-12)15-4-3-14-7-16(19(25)26-18(14)8-15)17-11-24-10-13(2)27-20(24)22-17;1-13-11-24-12-17(22-20(24)27-13)16-9-14-3-4-15(10-18(14)26-19(16)25)23-7-2-5-21-6-8-23/h3-5,7,9-10,12,14,22H,6,8,11H2,1-2H3;3-5,9,11-13,22H,2,6-8,10H2,1H3;2*3-4,7-8,10-12,21H,5-6,9H2,1-2H3;3-4,9-12,21H,2,5-8H2,1H3/t14-;;2*12-;/m0.10./s1. The molecule has 15 aromatic heterocycles. The van der Waals surface area contributed by atoms with Crippen molar-refractivity contribution in [3.05, 3.63) is 274 Å². The van der Waals surface area contributed by atoms with Crippen molar-refractivity contribution in [2.45, 2.75) is 86.4 Å². The minimum Gasteiger partial charge on any atom is -0.422 e. The van der Waals surface area contributed by atoms with Gasteiger partial charge >= 0.3 is 28.1 Å². The van der Waals surface area contributed by atoms with E-state index in [0.29, 0.717) is 114 Å². The topological polar surface area (TPSA) is 340 Å². The second kappa shape index (κ2) is 38.1. The van der Waals surface area contributed by atoms with Crippen molar-refractivity contribution in [2.75, 3.05) is 136 Å². The zero-order valence-corrected chi connectivity index (χ0v) is 79.5. The number of nitrogens with zero attached hydrogens (tertiary/aromatic N) is 17. The molecule has 5 N–H and O–H groups in total. The van der Waals surface area contributed by atoms with Crippen molar-refractivity contribution >= 4 is 144 Å². The summed E-state index contributed by atoms with van der Waals surface area (Å²) in [5.41, 5.74) is 13.9. The van der Waals surface area contributed by atoms with Gasteiger partial charge in [-0.1, -0.05) is 0 Å². The predicted octanol–water partition coefficient (Wildman–Crippen LogP) is 15.0. The Balaban J connectivity index is 0.000000102. The van der Waals surface area contributed by atoms with Crippen molar-refractivity contribution in [1.82, 2.24) is 83.5 Å². The molecular weight excluding hydrogens is 1790 g/mol. The molecule has 20 aromatic rings. The van der Waals surface area contributed by atoms with E-state index in [-0.39, 0.29) is 22.5 Å². The highest BCUT2D eigenvalue weighted by Gasteiger charge is 2.26. The molecule has 0 radical (unpaired) electrons. The molecule has 0 unspecified atom stereocenters. The lowest BCUT2D eigenvalue weighted by atomic mass is 10.1. The van der Waals surface area contributed by atoms with Gasteiger partial charge in [-0.15, -0.1) is 34.0 Å². The molecule has 20 heterocycles. The third kappa shape index (κ3) is 19.3. The average Bonchev–Trinajstić information content (AvgIpc) is 1.56. The van der Waals surface area contributed by atoms with Crippen LogP contribution >= 0.6 is 34.0 Å². The van der Waals surface area contributed by atoms with Gasteiger partial charge in [0.15, 0.2) is 14.9 Å². The fraction of sp³-hybridized carbons (Fsp3) is 0.294. The highest BCUT2D eigenvalue weighted by atomic mass is 32.1. The molecule has 5 saturated heterocycles. The van der Waals surface area contributed by atoms with Crippen molar-refractivity contribution in [1.29, 1.82) is 0 Å². The fourth-order valence-electron chi connectivity index (χ4n) is 18.4. The predicted molar refractivity (Wildman–Crippen MR) is 545 cm³/mol. The van der Waals surface area contributed by atoms with Gasteiger partial charge in [-0.2, -0.15) is 0 Å². The number of hydrogen-bond acceptors (Lipinski definition) is 30. The molecule has 0 amide bonds. The summed E-state index contributed by atoms with van der Waals surface area (Å²) in [5, 5.41) is 21.6. The number of hydrogen-bond donors (Lipinski definition) is 5. The highest BCUT2D eigenvalue weighted by molar-refractivity contribution is 7.17. The van der Waals surface area contributed by atoms with Crippen molar-refractivity contribution in [3.63, 3.8) is 0 Å². The molecule has 5 fully saturated rings. The molecule has 25 rings (SSSR count). The van der Waals surface area contributed by atoms with Gasteiger partial charge in [-0.3, -0.25) is 22.0 Å². The van der Waals surface area contributed by atoms with E-state index < -0.39 is 5.63 Å². The van der Waals surface area contributed by atoms with E-state index in [9.17, 15) is 24.0 Å². The Hall–Kier alpha value is -14.3. The van der Waals surface area contributed by atoms with Crippen molar-refractivity contribution in [2.24, 2.45) is 0 Å². The largest absolute Gasteiger partial charge is 0.422 e. The maximum Gasteiger partial charge on any atom is 0.345 e. The minimum absolute atomic E-state index is 0.348. The molecule has 32 nitrogen and oxygen atoms in total. The summed E-state index contributed by atoms with van der Waals surface area (Å²) in [4.78, 5) is 112. The number of aromatic nitrogens is 12. The first kappa shape index (κ1) is 89.2. The van der Waals surface area contributed by atoms with Crippen LogP contribution in [0, 0.1) is 34.6 Å². The number of rotatable bonds is 10. The zero-order valence-electron chi connectivity index (χ0n) is 77.1. The molecule has 0 bridgehead atoms. The van der Waals surface area contributed by atoms with E-state index in [1.807, 2.05) is 205 Å². The number of aryl methyl sites for hydroxylation is 5. The number of nitrogens with one attached hydrogen (secondary N) is 5. The molecule has 5 aliphatic rings. The molecular formula is C102H102N22O10S3. The molecule has 35 heteroatoms. The minimum atomic E-state index is -0.390. The Morgan fingerprint density at radius 3 is 0.847 bits per heavy atom. The first-order valence-corrected chi connectivity index (χ1v) is 48.8. The SMILES string of the molecule is Cc1ccn2cc(-c3cc4ccc(N5CCCNCC5)cc4oc3=O)nc2n1.Cc1ccn2cc(-c3cc4ccc(N5CCN[C@@H](C)C5)cc4oc3=O)nc2n1.Cc1cn2cc(-c3cc4ccc(N5CCCNCC5)cc4oc3=O)nc2s1.Cc1cn2cc(-c3cc4ccc(N5CCN[C@@H](C)C5)cc4oc3=O)nc2s1.Cc1cn2cc(-c3cc4ccc(N5CCN[C@H](C)C5)cc4oc3=O)nc2s1.